The summed E-state index contributed by atoms with van der Waals surface area (Å²) in [6.45, 7) is 3.04. The van der Waals surface area contributed by atoms with Crippen molar-refractivity contribution in [3.63, 3.8) is 0 Å². The number of benzene rings is 1. The van der Waals surface area contributed by atoms with Crippen LogP contribution in [-0.4, -0.2) is 5.11 Å². The Morgan fingerprint density at radius 2 is 2.15 bits per heavy atom. The van der Waals surface area contributed by atoms with E-state index in [2.05, 4.69) is 18.3 Å². The third-order valence-electron chi connectivity index (χ3n) is 4.04. The zero-order valence-electron chi connectivity index (χ0n) is 11.9. The summed E-state index contributed by atoms with van der Waals surface area (Å²) in [5.41, 5.74) is 2.56. The first-order valence-electron chi connectivity index (χ1n) is 7.39. The summed E-state index contributed by atoms with van der Waals surface area (Å²) < 4.78 is 0. The number of phenolic OH excluding ortho intramolecular Hbond substituents is 1. The molecule has 0 saturated heterocycles. The minimum atomic E-state index is 0.216. The maximum absolute atomic E-state index is 9.97. The van der Waals surface area contributed by atoms with Gasteiger partial charge in [-0.2, -0.15) is 0 Å². The zero-order chi connectivity index (χ0) is 13.9. The van der Waals surface area contributed by atoms with Crippen LogP contribution >= 0.6 is 11.3 Å². The molecule has 0 fully saturated rings. The Hall–Kier alpha value is -1.32. The molecule has 1 unspecified atom stereocenters. The quantitative estimate of drug-likeness (QED) is 0.864. The SMILES string of the molecule is CCC(NCc1cc2c(s1)CCC2)c1ccccc1O. The molecule has 0 aliphatic heterocycles. The highest BCUT2D eigenvalue weighted by molar-refractivity contribution is 7.12. The Labute approximate surface area is 124 Å². The zero-order valence-corrected chi connectivity index (χ0v) is 12.7. The fourth-order valence-corrected chi connectivity index (χ4v) is 4.17. The summed E-state index contributed by atoms with van der Waals surface area (Å²) in [5.74, 6) is 0.389. The molecule has 20 heavy (non-hydrogen) atoms. The standard InChI is InChI=1S/C17H21NOS/c1-2-15(14-7-3-4-8-16(14)19)18-11-13-10-12-6-5-9-17(12)20-13/h3-4,7-8,10,15,18-19H,2,5-6,9,11H2,1H3. The summed E-state index contributed by atoms with van der Waals surface area (Å²) >= 11 is 1.95. The fraction of sp³-hybridized carbons (Fsp3) is 0.412. The Balaban J connectivity index is 1.68. The van der Waals surface area contributed by atoms with Gasteiger partial charge in [0, 0.05) is 27.9 Å². The molecule has 3 rings (SSSR count). The highest BCUT2D eigenvalue weighted by Gasteiger charge is 2.16. The number of fused-ring (bicyclic) bond motifs is 1. The molecule has 1 aromatic heterocycles. The maximum atomic E-state index is 9.97. The van der Waals surface area contributed by atoms with E-state index in [9.17, 15) is 5.11 Å². The number of nitrogens with one attached hydrogen (secondary N) is 1. The van der Waals surface area contributed by atoms with Crippen molar-refractivity contribution >= 4 is 11.3 Å². The van der Waals surface area contributed by atoms with Crippen LogP contribution in [0, 0.1) is 0 Å². The third-order valence-corrected chi connectivity index (χ3v) is 5.28. The van der Waals surface area contributed by atoms with Crippen LogP contribution in [0.4, 0.5) is 0 Å². The predicted molar refractivity (Wildman–Crippen MR) is 84.3 cm³/mol. The molecule has 106 valence electrons. The highest BCUT2D eigenvalue weighted by Crippen LogP contribution is 2.31. The average molecular weight is 287 g/mol. The van der Waals surface area contributed by atoms with Crippen molar-refractivity contribution in [3.05, 3.63) is 51.2 Å². The van der Waals surface area contributed by atoms with Crippen molar-refractivity contribution in [3.8, 4) is 5.75 Å². The van der Waals surface area contributed by atoms with E-state index in [1.165, 1.54) is 24.1 Å². The lowest BCUT2D eigenvalue weighted by Gasteiger charge is -2.18. The number of thiophene rings is 1. The molecule has 0 radical (unpaired) electrons. The summed E-state index contributed by atoms with van der Waals surface area (Å²) in [5, 5.41) is 13.5. The van der Waals surface area contributed by atoms with Crippen molar-refractivity contribution in [2.75, 3.05) is 0 Å². The van der Waals surface area contributed by atoms with Gasteiger partial charge in [0.2, 0.25) is 0 Å². The molecule has 2 aromatic rings. The van der Waals surface area contributed by atoms with Gasteiger partial charge in [-0.25, -0.2) is 0 Å². The maximum Gasteiger partial charge on any atom is 0.120 e. The molecule has 0 spiro atoms. The van der Waals surface area contributed by atoms with Crippen molar-refractivity contribution in [2.45, 2.75) is 45.2 Å². The first-order chi connectivity index (χ1) is 9.78. The first kappa shape index (κ1) is 13.7. The fourth-order valence-electron chi connectivity index (χ4n) is 2.96. The smallest absolute Gasteiger partial charge is 0.120 e. The van der Waals surface area contributed by atoms with Crippen molar-refractivity contribution in [1.29, 1.82) is 0 Å². The normalized spacial score (nSPS) is 15.2. The van der Waals surface area contributed by atoms with Crippen molar-refractivity contribution in [1.82, 2.24) is 5.32 Å². The van der Waals surface area contributed by atoms with Crippen LogP contribution in [0.3, 0.4) is 0 Å². The van der Waals surface area contributed by atoms with Crippen LogP contribution in [0.5, 0.6) is 5.75 Å². The van der Waals surface area contributed by atoms with E-state index in [0.717, 1.165) is 18.5 Å². The largest absolute Gasteiger partial charge is 0.508 e. The Kier molecular flexibility index (Phi) is 4.08. The van der Waals surface area contributed by atoms with Crippen molar-refractivity contribution < 1.29 is 5.11 Å². The minimum Gasteiger partial charge on any atom is -0.508 e. The molecule has 1 aliphatic rings. The Bertz CT molecular complexity index is 569. The van der Waals surface area contributed by atoms with E-state index < -0.39 is 0 Å². The molecular weight excluding hydrogens is 266 g/mol. The van der Waals surface area contributed by atoms with E-state index in [0.29, 0.717) is 5.75 Å². The van der Waals surface area contributed by atoms with E-state index in [1.807, 2.05) is 29.5 Å². The van der Waals surface area contributed by atoms with E-state index in [1.54, 1.807) is 16.5 Å². The number of hydrogen-bond donors (Lipinski definition) is 2. The molecule has 0 bridgehead atoms. The lowest BCUT2D eigenvalue weighted by molar-refractivity contribution is 0.441. The van der Waals surface area contributed by atoms with Crippen LogP contribution in [0.2, 0.25) is 0 Å². The molecule has 2 N–H and O–H groups in total. The Morgan fingerprint density at radius 3 is 2.90 bits per heavy atom. The molecular formula is C17H21NOS. The van der Waals surface area contributed by atoms with E-state index in [-0.39, 0.29) is 6.04 Å². The summed E-state index contributed by atoms with van der Waals surface area (Å²) in [7, 11) is 0. The number of hydrogen-bond acceptors (Lipinski definition) is 3. The first-order valence-corrected chi connectivity index (χ1v) is 8.21. The lowest BCUT2D eigenvalue weighted by atomic mass is 10.0. The molecule has 0 saturated carbocycles. The molecule has 2 nitrogen and oxygen atoms in total. The number of phenols is 1. The minimum absolute atomic E-state index is 0.216. The van der Waals surface area contributed by atoms with Gasteiger partial charge in [-0.3, -0.25) is 0 Å². The molecule has 1 aromatic carbocycles. The second-order valence-electron chi connectivity index (χ2n) is 5.42. The summed E-state index contributed by atoms with van der Waals surface area (Å²) in [6.07, 6.45) is 4.81. The van der Waals surface area contributed by atoms with Crippen LogP contribution in [-0.2, 0) is 19.4 Å². The Morgan fingerprint density at radius 1 is 1.30 bits per heavy atom. The summed E-state index contributed by atoms with van der Waals surface area (Å²) in [4.78, 5) is 3.00. The number of aromatic hydroxyl groups is 1. The monoisotopic (exact) mass is 287 g/mol. The lowest BCUT2D eigenvalue weighted by Crippen LogP contribution is -2.19. The predicted octanol–water partition coefficient (Wildman–Crippen LogP) is 4.18. The van der Waals surface area contributed by atoms with Crippen molar-refractivity contribution in [2.24, 2.45) is 0 Å². The third kappa shape index (κ3) is 2.74. The number of rotatable bonds is 5. The van der Waals surface area contributed by atoms with Gasteiger partial charge < -0.3 is 10.4 Å². The van der Waals surface area contributed by atoms with Gasteiger partial charge in [0.05, 0.1) is 0 Å². The van der Waals surface area contributed by atoms with Crippen LogP contribution in [0.25, 0.3) is 0 Å². The van der Waals surface area contributed by atoms with Crippen LogP contribution in [0.1, 0.15) is 46.7 Å². The van der Waals surface area contributed by atoms with Gasteiger partial charge in [0.25, 0.3) is 0 Å². The van der Waals surface area contributed by atoms with Crippen LogP contribution < -0.4 is 5.32 Å². The molecule has 1 heterocycles. The number of para-hydroxylation sites is 1. The second kappa shape index (κ2) is 5.98. The average Bonchev–Trinajstić information content (AvgIpc) is 3.02. The number of aryl methyl sites for hydroxylation is 2. The molecule has 0 amide bonds. The second-order valence-corrected chi connectivity index (χ2v) is 6.64. The molecule has 1 atom stereocenters. The summed E-state index contributed by atoms with van der Waals surface area (Å²) in [6, 6.07) is 10.2. The van der Waals surface area contributed by atoms with Gasteiger partial charge in [0.1, 0.15) is 5.75 Å². The van der Waals surface area contributed by atoms with Gasteiger partial charge >= 0.3 is 0 Å². The van der Waals surface area contributed by atoms with E-state index >= 15 is 0 Å². The molecule has 1 aliphatic carbocycles. The van der Waals surface area contributed by atoms with Gasteiger partial charge in [-0.1, -0.05) is 25.1 Å². The topological polar surface area (TPSA) is 32.3 Å². The van der Waals surface area contributed by atoms with Gasteiger partial charge in [-0.05, 0) is 43.4 Å². The highest BCUT2D eigenvalue weighted by atomic mass is 32.1. The van der Waals surface area contributed by atoms with Gasteiger partial charge in [0.15, 0.2) is 0 Å². The molecule has 3 heteroatoms. The van der Waals surface area contributed by atoms with Crippen LogP contribution in [0.15, 0.2) is 30.3 Å². The van der Waals surface area contributed by atoms with E-state index in [4.69, 9.17) is 0 Å². The van der Waals surface area contributed by atoms with Gasteiger partial charge in [-0.15, -0.1) is 11.3 Å².